The third-order valence-corrected chi connectivity index (χ3v) is 3.54. The predicted molar refractivity (Wildman–Crippen MR) is 64.7 cm³/mol. The molecule has 86 valence electrons. The lowest BCUT2D eigenvalue weighted by Crippen LogP contribution is -2.56. The summed E-state index contributed by atoms with van der Waals surface area (Å²) >= 11 is 0. The number of rotatable bonds is 6. The van der Waals surface area contributed by atoms with Crippen molar-refractivity contribution in [1.82, 2.24) is 10.2 Å². The van der Waals surface area contributed by atoms with E-state index in [9.17, 15) is 0 Å². The maximum absolute atomic E-state index is 3.46. The van der Waals surface area contributed by atoms with Crippen LogP contribution in [0.3, 0.4) is 0 Å². The molecule has 0 saturated heterocycles. The molecular formula is C12H28N2. The van der Waals surface area contributed by atoms with Crippen molar-refractivity contribution in [2.75, 3.05) is 21.1 Å². The Labute approximate surface area is 90.1 Å². The van der Waals surface area contributed by atoms with E-state index in [1.165, 1.54) is 12.8 Å². The van der Waals surface area contributed by atoms with Crippen molar-refractivity contribution in [2.45, 2.75) is 52.1 Å². The topological polar surface area (TPSA) is 15.3 Å². The van der Waals surface area contributed by atoms with Crippen molar-refractivity contribution in [3.63, 3.8) is 0 Å². The Morgan fingerprint density at radius 1 is 1.29 bits per heavy atom. The normalized spacial score (nSPS) is 18.6. The fraction of sp³-hybridized carbons (Fsp3) is 1.00. The molecule has 0 aliphatic carbocycles. The van der Waals surface area contributed by atoms with Crippen molar-refractivity contribution in [1.29, 1.82) is 0 Å². The summed E-state index contributed by atoms with van der Waals surface area (Å²) in [6.07, 6.45) is 2.41. The van der Waals surface area contributed by atoms with Crippen molar-refractivity contribution >= 4 is 0 Å². The summed E-state index contributed by atoms with van der Waals surface area (Å²) in [5.74, 6) is 0.748. The molecule has 2 heteroatoms. The quantitative estimate of drug-likeness (QED) is 0.708. The van der Waals surface area contributed by atoms with E-state index in [0.717, 1.165) is 5.92 Å². The minimum Gasteiger partial charge on any atom is -0.315 e. The van der Waals surface area contributed by atoms with Gasteiger partial charge in [-0.2, -0.15) is 0 Å². The van der Waals surface area contributed by atoms with Gasteiger partial charge in [-0.25, -0.2) is 0 Å². The highest BCUT2D eigenvalue weighted by Gasteiger charge is 2.33. The van der Waals surface area contributed by atoms with E-state index in [1.54, 1.807) is 0 Å². The summed E-state index contributed by atoms with van der Waals surface area (Å²) in [6, 6.07) is 0.572. The number of nitrogens with zero attached hydrogens (tertiary/aromatic N) is 1. The highest BCUT2D eigenvalue weighted by molar-refractivity contribution is 4.93. The molecule has 0 aromatic carbocycles. The summed E-state index contributed by atoms with van der Waals surface area (Å²) in [7, 11) is 6.42. The second-order valence-corrected chi connectivity index (χ2v) is 5.08. The Bertz CT molecular complexity index is 154. The average molecular weight is 200 g/mol. The van der Waals surface area contributed by atoms with Gasteiger partial charge in [-0.05, 0) is 46.8 Å². The molecule has 0 fully saturated rings. The molecule has 0 aliphatic rings. The summed E-state index contributed by atoms with van der Waals surface area (Å²) in [6.45, 7) is 9.19. The van der Waals surface area contributed by atoms with Gasteiger partial charge < -0.3 is 10.2 Å². The van der Waals surface area contributed by atoms with Gasteiger partial charge in [-0.1, -0.05) is 20.8 Å². The van der Waals surface area contributed by atoms with Crippen LogP contribution in [0.5, 0.6) is 0 Å². The van der Waals surface area contributed by atoms with E-state index in [1.807, 2.05) is 0 Å². The third kappa shape index (κ3) is 3.25. The van der Waals surface area contributed by atoms with Crippen LogP contribution in [0.25, 0.3) is 0 Å². The first kappa shape index (κ1) is 13.9. The number of nitrogens with one attached hydrogen (secondary N) is 1. The SMILES string of the molecule is CCC(C)(C(CC(C)C)NC)N(C)C. The minimum atomic E-state index is 0.263. The van der Waals surface area contributed by atoms with Crippen molar-refractivity contribution in [3.8, 4) is 0 Å². The van der Waals surface area contributed by atoms with E-state index in [-0.39, 0.29) is 5.54 Å². The molecule has 0 aromatic heterocycles. The van der Waals surface area contributed by atoms with Crippen LogP contribution in [-0.2, 0) is 0 Å². The Kier molecular flexibility index (Phi) is 5.68. The molecule has 2 nitrogen and oxygen atoms in total. The zero-order valence-corrected chi connectivity index (χ0v) is 11.0. The van der Waals surface area contributed by atoms with Gasteiger partial charge in [-0.3, -0.25) is 0 Å². The lowest BCUT2D eigenvalue weighted by atomic mass is 9.83. The Hall–Kier alpha value is -0.0800. The van der Waals surface area contributed by atoms with E-state index >= 15 is 0 Å². The zero-order chi connectivity index (χ0) is 11.4. The van der Waals surface area contributed by atoms with Crippen LogP contribution in [-0.4, -0.2) is 37.6 Å². The predicted octanol–water partition coefficient (Wildman–Crippen LogP) is 2.35. The van der Waals surface area contributed by atoms with Gasteiger partial charge in [0.05, 0.1) is 0 Å². The second kappa shape index (κ2) is 5.72. The molecule has 0 radical (unpaired) electrons. The van der Waals surface area contributed by atoms with E-state index in [0.29, 0.717) is 6.04 Å². The Balaban J connectivity index is 4.59. The van der Waals surface area contributed by atoms with Gasteiger partial charge in [0.2, 0.25) is 0 Å². The molecule has 14 heavy (non-hydrogen) atoms. The molecule has 0 heterocycles. The van der Waals surface area contributed by atoms with E-state index in [4.69, 9.17) is 0 Å². The van der Waals surface area contributed by atoms with Gasteiger partial charge in [0.1, 0.15) is 0 Å². The molecule has 0 saturated carbocycles. The smallest absolute Gasteiger partial charge is 0.0325 e. The standard InChI is InChI=1S/C12H28N2/c1-8-12(4,14(6)7)11(13-5)9-10(2)3/h10-11,13H,8-9H2,1-7H3. The number of likely N-dealkylation sites (N-methyl/N-ethyl adjacent to an activating group) is 2. The van der Waals surface area contributed by atoms with Crippen LogP contribution < -0.4 is 5.32 Å². The molecular weight excluding hydrogens is 172 g/mol. The molecule has 0 spiro atoms. The van der Waals surface area contributed by atoms with Crippen LogP contribution in [0.4, 0.5) is 0 Å². The second-order valence-electron chi connectivity index (χ2n) is 5.08. The average Bonchev–Trinajstić information content (AvgIpc) is 2.12. The van der Waals surface area contributed by atoms with Crippen LogP contribution in [0.15, 0.2) is 0 Å². The summed E-state index contributed by atoms with van der Waals surface area (Å²) in [4.78, 5) is 2.34. The highest BCUT2D eigenvalue weighted by Crippen LogP contribution is 2.25. The molecule has 0 aliphatic heterocycles. The summed E-state index contributed by atoms with van der Waals surface area (Å²) in [5.41, 5.74) is 0.263. The molecule has 1 N–H and O–H groups in total. The fourth-order valence-electron chi connectivity index (χ4n) is 2.03. The summed E-state index contributed by atoms with van der Waals surface area (Å²) < 4.78 is 0. The van der Waals surface area contributed by atoms with Gasteiger partial charge in [-0.15, -0.1) is 0 Å². The molecule has 0 rings (SSSR count). The molecule has 2 unspecified atom stereocenters. The number of hydrogen-bond acceptors (Lipinski definition) is 2. The third-order valence-electron chi connectivity index (χ3n) is 3.54. The lowest BCUT2D eigenvalue weighted by Gasteiger charge is -2.43. The monoisotopic (exact) mass is 200 g/mol. The Morgan fingerprint density at radius 2 is 1.79 bits per heavy atom. The van der Waals surface area contributed by atoms with Crippen molar-refractivity contribution < 1.29 is 0 Å². The zero-order valence-electron chi connectivity index (χ0n) is 11.0. The van der Waals surface area contributed by atoms with Crippen LogP contribution >= 0.6 is 0 Å². The van der Waals surface area contributed by atoms with Gasteiger partial charge in [0, 0.05) is 11.6 Å². The molecule has 0 amide bonds. The minimum absolute atomic E-state index is 0.263. The molecule has 0 bridgehead atoms. The highest BCUT2D eigenvalue weighted by atomic mass is 15.2. The van der Waals surface area contributed by atoms with Crippen molar-refractivity contribution in [3.05, 3.63) is 0 Å². The first-order chi connectivity index (χ1) is 6.38. The van der Waals surface area contributed by atoms with Crippen LogP contribution in [0.2, 0.25) is 0 Å². The summed E-state index contributed by atoms with van der Waals surface area (Å²) in [5, 5.41) is 3.46. The van der Waals surface area contributed by atoms with Gasteiger partial charge in [0.25, 0.3) is 0 Å². The van der Waals surface area contributed by atoms with Crippen LogP contribution in [0, 0.1) is 5.92 Å². The van der Waals surface area contributed by atoms with Crippen molar-refractivity contribution in [2.24, 2.45) is 5.92 Å². The van der Waals surface area contributed by atoms with E-state index in [2.05, 4.69) is 59.1 Å². The maximum atomic E-state index is 3.46. The first-order valence-electron chi connectivity index (χ1n) is 5.73. The van der Waals surface area contributed by atoms with Crippen LogP contribution in [0.1, 0.15) is 40.5 Å². The molecule has 0 aromatic rings. The molecule has 2 atom stereocenters. The largest absolute Gasteiger partial charge is 0.315 e. The Morgan fingerprint density at radius 3 is 2.00 bits per heavy atom. The first-order valence-corrected chi connectivity index (χ1v) is 5.73. The fourth-order valence-corrected chi connectivity index (χ4v) is 2.03. The van der Waals surface area contributed by atoms with Gasteiger partial charge >= 0.3 is 0 Å². The van der Waals surface area contributed by atoms with E-state index < -0.39 is 0 Å². The lowest BCUT2D eigenvalue weighted by molar-refractivity contribution is 0.105. The number of hydrogen-bond donors (Lipinski definition) is 1. The maximum Gasteiger partial charge on any atom is 0.0325 e. The van der Waals surface area contributed by atoms with Gasteiger partial charge in [0.15, 0.2) is 0 Å².